The van der Waals surface area contributed by atoms with Gasteiger partial charge in [0.1, 0.15) is 0 Å². The lowest BCUT2D eigenvalue weighted by Gasteiger charge is -2.07. The van der Waals surface area contributed by atoms with E-state index >= 15 is 0 Å². The zero-order chi connectivity index (χ0) is 12.3. The molecule has 2 aromatic rings. The molecular formula is C13H11ClN2O. The SMILES string of the molecule is Nc1ccc(Cl)c(C(=O)Nc2ccccc2)c1. The number of hydrogen-bond donors (Lipinski definition) is 2. The van der Waals surface area contributed by atoms with Gasteiger partial charge in [-0.1, -0.05) is 29.8 Å². The fourth-order valence-electron chi connectivity index (χ4n) is 1.44. The first-order chi connectivity index (χ1) is 8.16. The summed E-state index contributed by atoms with van der Waals surface area (Å²) in [6.07, 6.45) is 0. The quantitative estimate of drug-likeness (QED) is 0.800. The zero-order valence-electron chi connectivity index (χ0n) is 8.98. The average Bonchev–Trinajstić information content (AvgIpc) is 2.33. The maximum Gasteiger partial charge on any atom is 0.257 e. The van der Waals surface area contributed by atoms with Gasteiger partial charge in [-0.3, -0.25) is 4.79 Å². The lowest BCUT2D eigenvalue weighted by Crippen LogP contribution is -2.12. The maximum atomic E-state index is 11.9. The number of benzene rings is 2. The molecular weight excluding hydrogens is 236 g/mol. The number of carbonyl (C=O) groups excluding carboxylic acids is 1. The van der Waals surface area contributed by atoms with Crippen molar-refractivity contribution in [2.75, 3.05) is 11.1 Å². The van der Waals surface area contributed by atoms with E-state index in [4.69, 9.17) is 17.3 Å². The summed E-state index contributed by atoms with van der Waals surface area (Å²) in [5.74, 6) is -0.270. The smallest absolute Gasteiger partial charge is 0.257 e. The minimum Gasteiger partial charge on any atom is -0.399 e. The highest BCUT2D eigenvalue weighted by molar-refractivity contribution is 6.34. The molecule has 0 aliphatic heterocycles. The molecule has 2 aromatic carbocycles. The molecule has 2 rings (SSSR count). The molecule has 0 aromatic heterocycles. The van der Waals surface area contributed by atoms with Crippen molar-refractivity contribution in [2.45, 2.75) is 0 Å². The number of amides is 1. The molecule has 0 bridgehead atoms. The Morgan fingerprint density at radius 2 is 1.82 bits per heavy atom. The normalized spacial score (nSPS) is 9.94. The zero-order valence-corrected chi connectivity index (χ0v) is 9.74. The molecule has 1 amide bonds. The minimum absolute atomic E-state index is 0.270. The first-order valence-electron chi connectivity index (χ1n) is 5.08. The van der Waals surface area contributed by atoms with Gasteiger partial charge < -0.3 is 11.1 Å². The lowest BCUT2D eigenvalue weighted by atomic mass is 10.2. The third kappa shape index (κ3) is 2.77. The summed E-state index contributed by atoms with van der Waals surface area (Å²) in [6.45, 7) is 0. The molecule has 0 saturated carbocycles. The van der Waals surface area contributed by atoms with Gasteiger partial charge in [0, 0.05) is 11.4 Å². The van der Waals surface area contributed by atoms with Gasteiger partial charge in [0.2, 0.25) is 0 Å². The van der Waals surface area contributed by atoms with Crippen LogP contribution in [0.15, 0.2) is 48.5 Å². The van der Waals surface area contributed by atoms with Gasteiger partial charge in [0.15, 0.2) is 0 Å². The Hall–Kier alpha value is -2.00. The van der Waals surface area contributed by atoms with Crippen LogP contribution in [-0.2, 0) is 0 Å². The summed E-state index contributed by atoms with van der Waals surface area (Å²) in [4.78, 5) is 11.9. The third-order valence-corrected chi connectivity index (χ3v) is 2.60. The van der Waals surface area contributed by atoms with Crippen molar-refractivity contribution >= 4 is 28.9 Å². The molecule has 0 heterocycles. The molecule has 3 N–H and O–H groups in total. The van der Waals surface area contributed by atoms with Crippen LogP contribution in [0.1, 0.15) is 10.4 Å². The van der Waals surface area contributed by atoms with Crippen LogP contribution in [0.2, 0.25) is 5.02 Å². The van der Waals surface area contributed by atoms with Crippen molar-refractivity contribution in [3.05, 3.63) is 59.1 Å². The van der Waals surface area contributed by atoms with Gasteiger partial charge in [-0.15, -0.1) is 0 Å². The predicted octanol–water partition coefficient (Wildman–Crippen LogP) is 3.17. The highest BCUT2D eigenvalue weighted by atomic mass is 35.5. The fraction of sp³-hybridized carbons (Fsp3) is 0. The summed E-state index contributed by atoms with van der Waals surface area (Å²) in [7, 11) is 0. The highest BCUT2D eigenvalue weighted by Gasteiger charge is 2.10. The number of nitrogens with two attached hydrogens (primary N) is 1. The second-order valence-corrected chi connectivity index (χ2v) is 3.97. The Morgan fingerprint density at radius 1 is 1.12 bits per heavy atom. The second kappa shape index (κ2) is 4.89. The largest absolute Gasteiger partial charge is 0.399 e. The summed E-state index contributed by atoms with van der Waals surface area (Å²) >= 11 is 5.94. The summed E-state index contributed by atoms with van der Waals surface area (Å²) in [5.41, 5.74) is 7.22. The Balaban J connectivity index is 2.23. The van der Waals surface area contributed by atoms with E-state index < -0.39 is 0 Å². The van der Waals surface area contributed by atoms with Gasteiger partial charge in [-0.2, -0.15) is 0 Å². The monoisotopic (exact) mass is 246 g/mol. The molecule has 3 nitrogen and oxygen atoms in total. The molecule has 86 valence electrons. The van der Waals surface area contributed by atoms with E-state index in [9.17, 15) is 4.79 Å². The van der Waals surface area contributed by atoms with E-state index in [2.05, 4.69) is 5.32 Å². The Labute approximate surface area is 104 Å². The number of nitrogen functional groups attached to an aromatic ring is 1. The number of carbonyl (C=O) groups is 1. The van der Waals surface area contributed by atoms with Crippen molar-refractivity contribution in [2.24, 2.45) is 0 Å². The highest BCUT2D eigenvalue weighted by Crippen LogP contribution is 2.20. The topological polar surface area (TPSA) is 55.1 Å². The molecule has 0 fully saturated rings. The van der Waals surface area contributed by atoms with E-state index in [-0.39, 0.29) is 5.91 Å². The van der Waals surface area contributed by atoms with Crippen molar-refractivity contribution in [3.63, 3.8) is 0 Å². The maximum absolute atomic E-state index is 11.9. The van der Waals surface area contributed by atoms with Gasteiger partial charge >= 0.3 is 0 Å². The molecule has 0 aliphatic rings. The van der Waals surface area contributed by atoms with E-state index in [0.717, 1.165) is 5.69 Å². The van der Waals surface area contributed by atoms with Gasteiger partial charge in [0.05, 0.1) is 10.6 Å². The van der Waals surface area contributed by atoms with E-state index in [1.165, 1.54) is 0 Å². The molecule has 0 spiro atoms. The number of rotatable bonds is 2. The molecule has 0 aliphatic carbocycles. The number of hydrogen-bond acceptors (Lipinski definition) is 2. The van der Waals surface area contributed by atoms with Crippen LogP contribution >= 0.6 is 11.6 Å². The molecule has 0 radical (unpaired) electrons. The number of para-hydroxylation sites is 1. The first kappa shape index (κ1) is 11.5. The van der Waals surface area contributed by atoms with Crippen LogP contribution in [-0.4, -0.2) is 5.91 Å². The van der Waals surface area contributed by atoms with Crippen LogP contribution in [0.4, 0.5) is 11.4 Å². The van der Waals surface area contributed by atoms with E-state index in [1.54, 1.807) is 30.3 Å². The van der Waals surface area contributed by atoms with Gasteiger partial charge in [0.25, 0.3) is 5.91 Å². The molecule has 0 saturated heterocycles. The van der Waals surface area contributed by atoms with Crippen LogP contribution in [0.5, 0.6) is 0 Å². The van der Waals surface area contributed by atoms with Crippen molar-refractivity contribution in [1.82, 2.24) is 0 Å². The molecule has 4 heteroatoms. The number of nitrogens with one attached hydrogen (secondary N) is 1. The summed E-state index contributed by atoms with van der Waals surface area (Å²) in [5, 5.41) is 3.13. The van der Waals surface area contributed by atoms with E-state index in [0.29, 0.717) is 16.3 Å². The molecule has 0 unspecified atom stereocenters. The lowest BCUT2D eigenvalue weighted by molar-refractivity contribution is 0.102. The number of anilines is 2. The van der Waals surface area contributed by atoms with Crippen molar-refractivity contribution in [1.29, 1.82) is 0 Å². The summed E-state index contributed by atoms with van der Waals surface area (Å²) in [6, 6.07) is 14.0. The fourth-order valence-corrected chi connectivity index (χ4v) is 1.64. The van der Waals surface area contributed by atoms with Crippen molar-refractivity contribution in [3.8, 4) is 0 Å². The van der Waals surface area contributed by atoms with E-state index in [1.807, 2.05) is 18.2 Å². The predicted molar refractivity (Wildman–Crippen MR) is 70.3 cm³/mol. The van der Waals surface area contributed by atoms with Crippen LogP contribution < -0.4 is 11.1 Å². The standard InChI is InChI=1S/C13H11ClN2O/c14-12-7-6-9(15)8-11(12)13(17)16-10-4-2-1-3-5-10/h1-8H,15H2,(H,16,17). The Bertz CT molecular complexity index is 540. The molecule has 17 heavy (non-hydrogen) atoms. The first-order valence-corrected chi connectivity index (χ1v) is 5.46. The van der Waals surface area contributed by atoms with Crippen LogP contribution in [0.25, 0.3) is 0 Å². The van der Waals surface area contributed by atoms with Crippen molar-refractivity contribution < 1.29 is 4.79 Å². The second-order valence-electron chi connectivity index (χ2n) is 3.56. The van der Waals surface area contributed by atoms with Crippen LogP contribution in [0.3, 0.4) is 0 Å². The average molecular weight is 247 g/mol. The third-order valence-electron chi connectivity index (χ3n) is 2.27. The minimum atomic E-state index is -0.270. The van der Waals surface area contributed by atoms with Gasteiger partial charge in [-0.25, -0.2) is 0 Å². The van der Waals surface area contributed by atoms with Gasteiger partial charge in [-0.05, 0) is 30.3 Å². The Kier molecular flexibility index (Phi) is 3.30. The number of halogens is 1. The Morgan fingerprint density at radius 3 is 2.53 bits per heavy atom. The molecule has 0 atom stereocenters. The summed E-state index contributed by atoms with van der Waals surface area (Å²) < 4.78 is 0. The van der Waals surface area contributed by atoms with Crippen LogP contribution in [0, 0.1) is 0 Å².